The largest absolute Gasteiger partial charge is 0.331 e. The molecule has 1 saturated heterocycles. The normalized spacial score (nSPS) is 29.0. The van der Waals surface area contributed by atoms with Crippen molar-refractivity contribution in [3.05, 3.63) is 35.9 Å². The highest BCUT2D eigenvalue weighted by Gasteiger charge is 2.50. The highest BCUT2D eigenvalue weighted by Crippen LogP contribution is 2.47. The lowest BCUT2D eigenvalue weighted by molar-refractivity contribution is 0.176. The molecule has 5 nitrogen and oxygen atoms in total. The first-order valence-corrected chi connectivity index (χ1v) is 8.12. The highest BCUT2D eigenvalue weighted by molar-refractivity contribution is 5.74. The van der Waals surface area contributed by atoms with Crippen LogP contribution in [-0.4, -0.2) is 54.6 Å². The minimum Gasteiger partial charge on any atom is -0.331 e. The number of hydrogen-bond donors (Lipinski definition) is 0. The van der Waals surface area contributed by atoms with Crippen molar-refractivity contribution in [1.29, 1.82) is 0 Å². The number of isocyanates is 1. The van der Waals surface area contributed by atoms with Gasteiger partial charge in [0.05, 0.1) is 5.54 Å². The van der Waals surface area contributed by atoms with E-state index in [2.05, 4.69) is 17.1 Å². The van der Waals surface area contributed by atoms with E-state index in [1.165, 1.54) is 5.56 Å². The van der Waals surface area contributed by atoms with Crippen LogP contribution >= 0.6 is 0 Å². The van der Waals surface area contributed by atoms with Crippen LogP contribution in [-0.2, 0) is 11.2 Å². The number of urea groups is 1. The highest BCUT2D eigenvalue weighted by atomic mass is 16.2. The van der Waals surface area contributed by atoms with Crippen LogP contribution in [0, 0.1) is 11.8 Å². The molecule has 122 valence electrons. The van der Waals surface area contributed by atoms with Gasteiger partial charge in [0, 0.05) is 27.2 Å². The van der Waals surface area contributed by atoms with Crippen LogP contribution in [0.1, 0.15) is 18.4 Å². The monoisotopic (exact) mass is 313 g/mol. The lowest BCUT2D eigenvalue weighted by Crippen LogP contribution is -2.39. The topological polar surface area (TPSA) is 53.0 Å². The van der Waals surface area contributed by atoms with Gasteiger partial charge in [0.25, 0.3) is 0 Å². The number of likely N-dealkylation sites (tertiary alicyclic amines) is 1. The number of hydrogen-bond acceptors (Lipinski definition) is 3. The van der Waals surface area contributed by atoms with Crippen molar-refractivity contribution >= 4 is 12.1 Å². The van der Waals surface area contributed by atoms with Crippen molar-refractivity contribution in [2.75, 3.05) is 27.2 Å². The molecule has 0 aromatic heterocycles. The zero-order chi connectivity index (χ0) is 16.4. The van der Waals surface area contributed by atoms with E-state index >= 15 is 0 Å². The first-order valence-electron chi connectivity index (χ1n) is 8.12. The first-order chi connectivity index (χ1) is 11.0. The number of carbonyl (C=O) groups excluding carboxylic acids is 2. The van der Waals surface area contributed by atoms with Crippen molar-refractivity contribution in [2.24, 2.45) is 16.8 Å². The van der Waals surface area contributed by atoms with Gasteiger partial charge in [0.1, 0.15) is 0 Å². The molecule has 1 aliphatic heterocycles. The van der Waals surface area contributed by atoms with Crippen LogP contribution in [0.25, 0.3) is 0 Å². The molecule has 0 radical (unpaired) electrons. The van der Waals surface area contributed by atoms with Crippen molar-refractivity contribution in [3.8, 4) is 0 Å². The van der Waals surface area contributed by atoms with E-state index in [-0.39, 0.29) is 11.6 Å². The maximum atomic E-state index is 12.1. The van der Waals surface area contributed by atoms with Gasteiger partial charge in [-0.05, 0) is 36.7 Å². The fourth-order valence-electron chi connectivity index (χ4n) is 4.25. The molecule has 2 atom stereocenters. The van der Waals surface area contributed by atoms with Gasteiger partial charge in [0.2, 0.25) is 6.08 Å². The standard InChI is InChI=1S/C18H23N3O2/c1-20(2)17(23)21-11-15-9-18(19-13-22,10-16(15)12-21)8-14-6-4-3-5-7-14/h3-7,15-16H,8-12H2,1-2H3. The van der Waals surface area contributed by atoms with Gasteiger partial charge in [-0.3, -0.25) is 0 Å². The van der Waals surface area contributed by atoms with Crippen LogP contribution in [0.3, 0.4) is 0 Å². The van der Waals surface area contributed by atoms with E-state index in [1.807, 2.05) is 23.1 Å². The zero-order valence-electron chi connectivity index (χ0n) is 13.7. The predicted octanol–water partition coefficient (Wildman–Crippen LogP) is 2.33. The Labute approximate surface area is 137 Å². The average Bonchev–Trinajstić information content (AvgIpc) is 3.03. The number of aliphatic imine (C=N–C) groups is 1. The van der Waals surface area contributed by atoms with Gasteiger partial charge < -0.3 is 9.80 Å². The summed E-state index contributed by atoms with van der Waals surface area (Å²) in [7, 11) is 3.57. The Morgan fingerprint density at radius 1 is 1.26 bits per heavy atom. The average molecular weight is 313 g/mol. The molecule has 1 heterocycles. The summed E-state index contributed by atoms with van der Waals surface area (Å²) in [6, 6.07) is 10.3. The van der Waals surface area contributed by atoms with Crippen LogP contribution < -0.4 is 0 Å². The minimum atomic E-state index is -0.342. The molecule has 5 heteroatoms. The maximum absolute atomic E-state index is 12.1. The van der Waals surface area contributed by atoms with Crippen LogP contribution in [0.4, 0.5) is 4.79 Å². The number of amides is 2. The number of nitrogens with zero attached hydrogens (tertiary/aromatic N) is 3. The van der Waals surface area contributed by atoms with Crippen LogP contribution in [0.2, 0.25) is 0 Å². The summed E-state index contributed by atoms with van der Waals surface area (Å²) in [5.74, 6) is 0.861. The van der Waals surface area contributed by atoms with Gasteiger partial charge in [0.15, 0.2) is 0 Å². The minimum absolute atomic E-state index is 0.0759. The predicted molar refractivity (Wildman–Crippen MR) is 87.9 cm³/mol. The second-order valence-corrected chi connectivity index (χ2v) is 7.10. The van der Waals surface area contributed by atoms with E-state index in [1.54, 1.807) is 25.1 Å². The van der Waals surface area contributed by atoms with Crippen molar-refractivity contribution in [1.82, 2.24) is 9.80 Å². The SMILES string of the molecule is CN(C)C(=O)N1CC2CC(Cc3ccccc3)(N=C=O)CC2C1. The number of rotatable bonds is 3. The summed E-state index contributed by atoms with van der Waals surface area (Å²) >= 11 is 0. The Kier molecular flexibility index (Phi) is 4.22. The molecule has 1 aliphatic carbocycles. The van der Waals surface area contributed by atoms with Gasteiger partial charge >= 0.3 is 6.03 Å². The maximum Gasteiger partial charge on any atom is 0.319 e. The Morgan fingerprint density at radius 3 is 2.39 bits per heavy atom. The summed E-state index contributed by atoms with van der Waals surface area (Å²) in [5, 5.41) is 0. The van der Waals surface area contributed by atoms with Gasteiger partial charge in [-0.15, -0.1) is 0 Å². The van der Waals surface area contributed by atoms with E-state index in [9.17, 15) is 9.59 Å². The van der Waals surface area contributed by atoms with E-state index in [0.717, 1.165) is 32.4 Å². The van der Waals surface area contributed by atoms with Crippen molar-refractivity contribution in [2.45, 2.75) is 24.8 Å². The molecule has 0 N–H and O–H groups in total. The number of fused-ring (bicyclic) bond motifs is 1. The first kappa shape index (κ1) is 15.8. The van der Waals surface area contributed by atoms with E-state index in [4.69, 9.17) is 0 Å². The third-order valence-corrected chi connectivity index (χ3v) is 5.17. The summed E-state index contributed by atoms with van der Waals surface area (Å²) in [5.41, 5.74) is 0.860. The molecule has 0 bridgehead atoms. The summed E-state index contributed by atoms with van der Waals surface area (Å²) in [4.78, 5) is 30.9. The lowest BCUT2D eigenvalue weighted by Gasteiger charge is -2.27. The molecule has 2 fully saturated rings. The zero-order valence-corrected chi connectivity index (χ0v) is 13.7. The van der Waals surface area contributed by atoms with Crippen molar-refractivity contribution < 1.29 is 9.59 Å². The summed E-state index contributed by atoms with van der Waals surface area (Å²) in [6.07, 6.45) is 4.29. The number of carbonyl (C=O) groups is 1. The van der Waals surface area contributed by atoms with Crippen LogP contribution in [0.5, 0.6) is 0 Å². The third kappa shape index (κ3) is 3.15. The Bertz CT molecular complexity index is 608. The Hall–Kier alpha value is -2.13. The fraction of sp³-hybridized carbons (Fsp3) is 0.556. The van der Waals surface area contributed by atoms with Gasteiger partial charge in [-0.25, -0.2) is 9.59 Å². The molecule has 1 aromatic rings. The molecule has 1 aromatic carbocycles. The van der Waals surface area contributed by atoms with Crippen LogP contribution in [0.15, 0.2) is 35.3 Å². The molecule has 2 unspecified atom stereocenters. The quantitative estimate of drug-likeness (QED) is 0.635. The second kappa shape index (κ2) is 6.17. The summed E-state index contributed by atoms with van der Waals surface area (Å²) < 4.78 is 0. The second-order valence-electron chi connectivity index (χ2n) is 7.10. The van der Waals surface area contributed by atoms with Crippen molar-refractivity contribution in [3.63, 3.8) is 0 Å². The van der Waals surface area contributed by atoms with Gasteiger partial charge in [-0.1, -0.05) is 30.3 Å². The van der Waals surface area contributed by atoms with Gasteiger partial charge in [-0.2, -0.15) is 4.99 Å². The molecule has 1 saturated carbocycles. The molecular formula is C18H23N3O2. The molecular weight excluding hydrogens is 290 g/mol. The smallest absolute Gasteiger partial charge is 0.319 e. The molecule has 2 aliphatic rings. The molecule has 0 spiro atoms. The van der Waals surface area contributed by atoms with E-state index < -0.39 is 0 Å². The third-order valence-electron chi connectivity index (χ3n) is 5.17. The fourth-order valence-corrected chi connectivity index (χ4v) is 4.25. The lowest BCUT2D eigenvalue weighted by atomic mass is 9.88. The number of benzene rings is 1. The Morgan fingerprint density at radius 2 is 1.87 bits per heavy atom. The molecule has 23 heavy (non-hydrogen) atoms. The molecule has 2 amide bonds. The molecule has 3 rings (SSSR count). The Balaban J connectivity index is 1.73. The van der Waals surface area contributed by atoms with E-state index in [0.29, 0.717) is 11.8 Å². The summed E-state index contributed by atoms with van der Waals surface area (Å²) in [6.45, 7) is 1.54.